The van der Waals surface area contributed by atoms with Crippen LogP contribution in [0.4, 0.5) is 15.8 Å². The number of hydrogen-bond donors (Lipinski definition) is 2. The molecule has 0 aliphatic heterocycles. The van der Waals surface area contributed by atoms with Gasteiger partial charge < -0.3 is 15.4 Å². The number of anilines is 2. The maximum Gasteiger partial charge on any atom is 0.262 e. The molecule has 2 N–H and O–H groups in total. The monoisotopic (exact) mass is 418 g/mol. The van der Waals surface area contributed by atoms with E-state index in [-0.39, 0.29) is 18.3 Å². The molecule has 0 saturated carbocycles. The number of amides is 1. The Bertz CT molecular complexity index is 965. The molecule has 0 heterocycles. The summed E-state index contributed by atoms with van der Waals surface area (Å²) in [5.41, 5.74) is 2.26. The fourth-order valence-corrected chi connectivity index (χ4v) is 2.91. The van der Waals surface area contributed by atoms with E-state index in [9.17, 15) is 9.18 Å². The molecule has 0 aliphatic carbocycles. The molecule has 0 aromatic heterocycles. The zero-order chi connectivity index (χ0) is 19.9. The van der Waals surface area contributed by atoms with Crippen LogP contribution in [-0.2, 0) is 11.3 Å². The van der Waals surface area contributed by atoms with E-state index in [2.05, 4.69) is 10.6 Å². The highest BCUT2D eigenvalue weighted by atomic mass is 35.5. The lowest BCUT2D eigenvalue weighted by molar-refractivity contribution is -0.118. The van der Waals surface area contributed by atoms with Crippen LogP contribution in [0.5, 0.6) is 5.75 Å². The van der Waals surface area contributed by atoms with Gasteiger partial charge in [-0.1, -0.05) is 41.4 Å². The maximum atomic E-state index is 12.9. The van der Waals surface area contributed by atoms with Gasteiger partial charge >= 0.3 is 0 Å². The molecule has 1 amide bonds. The Morgan fingerprint density at radius 1 is 0.964 bits per heavy atom. The van der Waals surface area contributed by atoms with Gasteiger partial charge in [-0.25, -0.2) is 4.39 Å². The van der Waals surface area contributed by atoms with Crippen molar-refractivity contribution in [3.05, 3.63) is 88.2 Å². The van der Waals surface area contributed by atoms with Gasteiger partial charge in [-0.05, 0) is 54.1 Å². The van der Waals surface area contributed by atoms with Crippen LogP contribution < -0.4 is 15.4 Å². The molecule has 0 radical (unpaired) electrons. The highest BCUT2D eigenvalue weighted by Gasteiger charge is 2.08. The summed E-state index contributed by atoms with van der Waals surface area (Å²) in [6.45, 7) is 0.323. The van der Waals surface area contributed by atoms with Crippen LogP contribution in [-0.4, -0.2) is 12.5 Å². The summed E-state index contributed by atoms with van der Waals surface area (Å²) in [5, 5.41) is 6.89. The van der Waals surface area contributed by atoms with Crippen molar-refractivity contribution < 1.29 is 13.9 Å². The molecular weight excluding hydrogens is 402 g/mol. The third-order valence-electron chi connectivity index (χ3n) is 3.84. The van der Waals surface area contributed by atoms with E-state index in [0.717, 1.165) is 11.3 Å². The molecule has 28 heavy (non-hydrogen) atoms. The molecule has 3 aromatic rings. The second-order valence-electron chi connectivity index (χ2n) is 5.94. The van der Waals surface area contributed by atoms with Gasteiger partial charge in [0.1, 0.15) is 11.6 Å². The number of benzene rings is 3. The number of nitrogens with one attached hydrogen (secondary N) is 2. The first-order valence-electron chi connectivity index (χ1n) is 8.46. The highest BCUT2D eigenvalue weighted by molar-refractivity contribution is 6.33. The molecule has 0 bridgehead atoms. The molecule has 0 unspecified atom stereocenters. The number of halogens is 3. The number of rotatable bonds is 7. The molecule has 7 heteroatoms. The smallest absolute Gasteiger partial charge is 0.262 e. The number of carbonyl (C=O) groups excluding carboxylic acids is 1. The molecule has 144 valence electrons. The Morgan fingerprint density at radius 3 is 2.43 bits per heavy atom. The number of ether oxygens (including phenoxy) is 1. The predicted molar refractivity (Wildman–Crippen MR) is 111 cm³/mol. The van der Waals surface area contributed by atoms with E-state index in [0.29, 0.717) is 28.0 Å². The number of carbonyl (C=O) groups is 1. The van der Waals surface area contributed by atoms with Gasteiger partial charge in [0.15, 0.2) is 6.61 Å². The van der Waals surface area contributed by atoms with Crippen LogP contribution >= 0.6 is 23.2 Å². The lowest BCUT2D eigenvalue weighted by atomic mass is 10.2. The minimum absolute atomic E-state index is 0.214. The van der Waals surface area contributed by atoms with Crippen molar-refractivity contribution in [2.24, 2.45) is 0 Å². The number of hydrogen-bond acceptors (Lipinski definition) is 3. The average molecular weight is 419 g/mol. The van der Waals surface area contributed by atoms with Crippen molar-refractivity contribution in [1.29, 1.82) is 0 Å². The third kappa shape index (κ3) is 5.62. The van der Waals surface area contributed by atoms with Crippen LogP contribution in [0.2, 0.25) is 10.0 Å². The Hall–Kier alpha value is -2.76. The van der Waals surface area contributed by atoms with Gasteiger partial charge in [0.25, 0.3) is 5.91 Å². The van der Waals surface area contributed by atoms with Gasteiger partial charge in [-0.3, -0.25) is 4.79 Å². The lowest BCUT2D eigenvalue weighted by Gasteiger charge is -2.11. The van der Waals surface area contributed by atoms with Crippen LogP contribution in [0.15, 0.2) is 66.7 Å². The normalized spacial score (nSPS) is 10.4. The first-order valence-corrected chi connectivity index (χ1v) is 9.22. The number of para-hydroxylation sites is 1. The standard InChI is InChI=1S/C21H17Cl2FN2O2/c22-17-3-1-2-4-19(17)25-12-14-5-10-20(18(23)11-14)28-13-21(27)26-16-8-6-15(24)7-9-16/h1-11,25H,12-13H2,(H,26,27). The van der Waals surface area contributed by atoms with Crippen molar-refractivity contribution >= 4 is 40.5 Å². The molecule has 0 fully saturated rings. The van der Waals surface area contributed by atoms with Crippen LogP contribution in [0.1, 0.15) is 5.56 Å². The van der Waals surface area contributed by atoms with E-state index in [1.807, 2.05) is 30.3 Å². The van der Waals surface area contributed by atoms with Crippen molar-refractivity contribution in [1.82, 2.24) is 0 Å². The summed E-state index contributed by atoms with van der Waals surface area (Å²) in [5.74, 6) is -0.338. The van der Waals surface area contributed by atoms with Gasteiger partial charge in [0, 0.05) is 12.2 Å². The fourth-order valence-electron chi connectivity index (χ4n) is 2.45. The summed E-state index contributed by atoms with van der Waals surface area (Å²) >= 11 is 12.4. The quantitative estimate of drug-likeness (QED) is 0.512. The van der Waals surface area contributed by atoms with Crippen molar-refractivity contribution in [3.63, 3.8) is 0 Å². The van der Waals surface area contributed by atoms with E-state index in [4.69, 9.17) is 27.9 Å². The zero-order valence-corrected chi connectivity index (χ0v) is 16.2. The lowest BCUT2D eigenvalue weighted by Crippen LogP contribution is -2.20. The predicted octanol–water partition coefficient (Wildman–Crippen LogP) is 5.76. The Labute approximate surface area is 172 Å². The SMILES string of the molecule is O=C(COc1ccc(CNc2ccccc2Cl)cc1Cl)Nc1ccc(F)cc1. The van der Waals surface area contributed by atoms with Crippen LogP contribution in [0.3, 0.4) is 0 Å². The molecule has 0 saturated heterocycles. The molecule has 3 aromatic carbocycles. The highest BCUT2D eigenvalue weighted by Crippen LogP contribution is 2.27. The van der Waals surface area contributed by atoms with E-state index < -0.39 is 0 Å². The fraction of sp³-hybridized carbons (Fsp3) is 0.0952. The van der Waals surface area contributed by atoms with Crippen molar-refractivity contribution in [2.75, 3.05) is 17.2 Å². The van der Waals surface area contributed by atoms with E-state index >= 15 is 0 Å². The Morgan fingerprint density at radius 2 is 1.71 bits per heavy atom. The molecular formula is C21H17Cl2FN2O2. The van der Waals surface area contributed by atoms with E-state index in [1.165, 1.54) is 24.3 Å². The summed E-state index contributed by atoms with van der Waals surface area (Å²) in [6, 6.07) is 18.3. The minimum Gasteiger partial charge on any atom is -0.482 e. The molecule has 0 atom stereocenters. The van der Waals surface area contributed by atoms with Crippen molar-refractivity contribution in [2.45, 2.75) is 6.54 Å². The Kier molecular flexibility index (Phi) is 6.74. The summed E-state index contributed by atoms with van der Waals surface area (Å²) < 4.78 is 18.4. The van der Waals surface area contributed by atoms with Crippen molar-refractivity contribution in [3.8, 4) is 5.75 Å². The molecule has 3 rings (SSSR count). The van der Waals surface area contributed by atoms with Gasteiger partial charge in [0.2, 0.25) is 0 Å². The third-order valence-corrected chi connectivity index (χ3v) is 4.46. The summed E-state index contributed by atoms with van der Waals surface area (Å²) in [4.78, 5) is 11.9. The summed E-state index contributed by atoms with van der Waals surface area (Å²) in [6.07, 6.45) is 0. The molecule has 0 aliphatic rings. The largest absolute Gasteiger partial charge is 0.482 e. The average Bonchev–Trinajstić information content (AvgIpc) is 2.68. The first kappa shape index (κ1) is 20.0. The second kappa shape index (κ2) is 9.44. The zero-order valence-electron chi connectivity index (χ0n) is 14.7. The Balaban J connectivity index is 1.53. The van der Waals surface area contributed by atoms with E-state index in [1.54, 1.807) is 12.1 Å². The minimum atomic E-state index is -0.370. The van der Waals surface area contributed by atoms with Crippen LogP contribution in [0.25, 0.3) is 0 Å². The van der Waals surface area contributed by atoms with Gasteiger partial charge in [-0.2, -0.15) is 0 Å². The maximum absolute atomic E-state index is 12.9. The second-order valence-corrected chi connectivity index (χ2v) is 6.76. The van der Waals surface area contributed by atoms with Crippen LogP contribution in [0, 0.1) is 5.82 Å². The molecule has 4 nitrogen and oxygen atoms in total. The first-order chi connectivity index (χ1) is 13.5. The van der Waals surface area contributed by atoms with Gasteiger partial charge in [0.05, 0.1) is 15.7 Å². The topological polar surface area (TPSA) is 50.4 Å². The van der Waals surface area contributed by atoms with Gasteiger partial charge in [-0.15, -0.1) is 0 Å². The summed E-state index contributed by atoms with van der Waals surface area (Å²) in [7, 11) is 0. The molecule has 0 spiro atoms.